The van der Waals surface area contributed by atoms with Gasteiger partial charge in [-0.2, -0.15) is 0 Å². The second-order valence-corrected chi connectivity index (χ2v) is 5.81. The molecule has 1 rings (SSSR count). The highest BCUT2D eigenvalue weighted by molar-refractivity contribution is 7.90. The number of pyridine rings is 1. The molecule has 0 aliphatic rings. The van der Waals surface area contributed by atoms with Crippen molar-refractivity contribution in [2.45, 2.75) is 0 Å². The minimum Gasteiger partial charge on any atom is -0.396 e. The number of anilines is 2. The lowest BCUT2D eigenvalue weighted by atomic mass is 10.3. The Morgan fingerprint density at radius 2 is 2.12 bits per heavy atom. The van der Waals surface area contributed by atoms with Crippen LogP contribution in [0.1, 0.15) is 10.5 Å². The average Bonchev–Trinajstić information content (AvgIpc) is 2.18. The molecule has 0 radical (unpaired) electrons. The van der Waals surface area contributed by atoms with Crippen LogP contribution in [0.2, 0.25) is 0 Å². The summed E-state index contributed by atoms with van der Waals surface area (Å²) in [5.41, 5.74) is 11.1. The van der Waals surface area contributed by atoms with Gasteiger partial charge in [-0.1, -0.05) is 0 Å². The van der Waals surface area contributed by atoms with Gasteiger partial charge in [-0.15, -0.1) is 0 Å². The Hall–Kier alpha value is -1.83. The Balaban J connectivity index is 2.76. The Kier molecular flexibility index (Phi) is 3.89. The van der Waals surface area contributed by atoms with Gasteiger partial charge in [0.15, 0.2) is 0 Å². The quantitative estimate of drug-likeness (QED) is 0.635. The standard InChI is InChI=1S/C9H14N4O3S/c1-17(15,16)5-4-12-9-6(10)2-3-7(13-9)8(11)14/h2-3H,4-5,10H2,1H3,(H2,11,14)(H,12,13). The Bertz CT molecular complexity index is 527. The molecule has 0 bridgehead atoms. The number of nitrogens with one attached hydrogen (secondary N) is 1. The first kappa shape index (κ1) is 13.2. The molecule has 7 nitrogen and oxygen atoms in total. The summed E-state index contributed by atoms with van der Waals surface area (Å²) >= 11 is 0. The van der Waals surface area contributed by atoms with Crippen LogP contribution in [0.3, 0.4) is 0 Å². The first-order valence-electron chi connectivity index (χ1n) is 4.77. The van der Waals surface area contributed by atoms with Crippen LogP contribution in [0, 0.1) is 0 Å². The minimum atomic E-state index is -3.06. The lowest BCUT2D eigenvalue weighted by Gasteiger charge is -2.08. The van der Waals surface area contributed by atoms with Crippen molar-refractivity contribution in [2.24, 2.45) is 5.73 Å². The van der Waals surface area contributed by atoms with E-state index in [1.54, 1.807) is 0 Å². The number of sulfone groups is 1. The van der Waals surface area contributed by atoms with Gasteiger partial charge < -0.3 is 16.8 Å². The predicted octanol–water partition coefficient (Wildman–Crippen LogP) is -0.781. The summed E-state index contributed by atoms with van der Waals surface area (Å²) in [7, 11) is -3.06. The monoisotopic (exact) mass is 258 g/mol. The lowest BCUT2D eigenvalue weighted by Crippen LogP contribution is -2.18. The lowest BCUT2D eigenvalue weighted by molar-refractivity contribution is 0.0995. The van der Waals surface area contributed by atoms with Crippen molar-refractivity contribution < 1.29 is 13.2 Å². The smallest absolute Gasteiger partial charge is 0.267 e. The number of primary amides is 1. The maximum Gasteiger partial charge on any atom is 0.267 e. The van der Waals surface area contributed by atoms with Gasteiger partial charge in [0.2, 0.25) is 0 Å². The van der Waals surface area contributed by atoms with Gasteiger partial charge in [-0.05, 0) is 12.1 Å². The van der Waals surface area contributed by atoms with E-state index in [0.717, 1.165) is 6.26 Å². The summed E-state index contributed by atoms with van der Waals surface area (Å²) in [5, 5.41) is 2.74. The van der Waals surface area contributed by atoms with E-state index in [2.05, 4.69) is 10.3 Å². The molecule has 1 heterocycles. The molecule has 94 valence electrons. The van der Waals surface area contributed by atoms with Crippen molar-refractivity contribution in [1.82, 2.24) is 4.98 Å². The van der Waals surface area contributed by atoms with E-state index < -0.39 is 15.7 Å². The topological polar surface area (TPSA) is 128 Å². The molecule has 0 spiro atoms. The van der Waals surface area contributed by atoms with Crippen molar-refractivity contribution in [3.05, 3.63) is 17.8 Å². The van der Waals surface area contributed by atoms with Crippen molar-refractivity contribution in [1.29, 1.82) is 0 Å². The van der Waals surface area contributed by atoms with Crippen molar-refractivity contribution in [3.63, 3.8) is 0 Å². The van der Waals surface area contributed by atoms with E-state index in [4.69, 9.17) is 11.5 Å². The molecule has 1 aromatic heterocycles. The second-order valence-electron chi connectivity index (χ2n) is 3.56. The van der Waals surface area contributed by atoms with E-state index in [-0.39, 0.29) is 23.8 Å². The third-order valence-corrected chi connectivity index (χ3v) is 2.89. The van der Waals surface area contributed by atoms with Crippen LogP contribution in [-0.2, 0) is 9.84 Å². The van der Waals surface area contributed by atoms with Gasteiger partial charge in [0, 0.05) is 12.8 Å². The average molecular weight is 258 g/mol. The number of nitrogen functional groups attached to an aromatic ring is 1. The third kappa shape index (κ3) is 4.27. The molecular formula is C9H14N4O3S. The molecule has 0 aliphatic heterocycles. The van der Waals surface area contributed by atoms with Crippen LogP contribution >= 0.6 is 0 Å². The summed E-state index contributed by atoms with van der Waals surface area (Å²) in [6, 6.07) is 2.88. The van der Waals surface area contributed by atoms with E-state index in [9.17, 15) is 13.2 Å². The number of nitrogens with zero attached hydrogens (tertiary/aromatic N) is 1. The molecule has 0 saturated carbocycles. The Morgan fingerprint density at radius 3 is 2.65 bits per heavy atom. The number of hydrogen-bond donors (Lipinski definition) is 3. The highest BCUT2D eigenvalue weighted by Gasteiger charge is 2.08. The normalized spacial score (nSPS) is 11.1. The van der Waals surface area contributed by atoms with Crippen LogP contribution in [0.5, 0.6) is 0 Å². The molecule has 0 aromatic carbocycles. The van der Waals surface area contributed by atoms with E-state index in [1.165, 1.54) is 12.1 Å². The summed E-state index contributed by atoms with van der Waals surface area (Å²) < 4.78 is 21.8. The van der Waals surface area contributed by atoms with Crippen molar-refractivity contribution >= 4 is 27.2 Å². The Labute approximate surface area is 99.1 Å². The van der Waals surface area contributed by atoms with Crippen molar-refractivity contribution in [3.8, 4) is 0 Å². The van der Waals surface area contributed by atoms with Crippen molar-refractivity contribution in [2.75, 3.05) is 29.6 Å². The molecule has 0 saturated heterocycles. The van der Waals surface area contributed by atoms with Gasteiger partial charge in [0.05, 0.1) is 11.4 Å². The molecule has 5 N–H and O–H groups in total. The van der Waals surface area contributed by atoms with E-state index >= 15 is 0 Å². The fourth-order valence-corrected chi connectivity index (χ4v) is 1.58. The second kappa shape index (κ2) is 5.00. The molecule has 1 amide bonds. The summed E-state index contributed by atoms with van der Waals surface area (Å²) in [6.45, 7) is 0.165. The van der Waals surface area contributed by atoms with Gasteiger partial charge in [-0.3, -0.25) is 4.79 Å². The molecule has 0 unspecified atom stereocenters. The summed E-state index contributed by atoms with van der Waals surface area (Å²) in [5.74, 6) is -0.462. The van der Waals surface area contributed by atoms with Gasteiger partial charge in [0.1, 0.15) is 21.3 Å². The van der Waals surface area contributed by atoms with E-state index in [1.807, 2.05) is 0 Å². The maximum atomic E-state index is 10.9. The highest BCUT2D eigenvalue weighted by Crippen LogP contribution is 2.15. The molecular weight excluding hydrogens is 244 g/mol. The summed E-state index contributed by atoms with van der Waals surface area (Å²) in [4.78, 5) is 14.8. The van der Waals surface area contributed by atoms with Crippen LogP contribution in [0.4, 0.5) is 11.5 Å². The zero-order chi connectivity index (χ0) is 13.1. The molecule has 1 aromatic rings. The number of rotatable bonds is 5. The van der Waals surface area contributed by atoms with E-state index in [0.29, 0.717) is 5.69 Å². The molecule has 8 heteroatoms. The van der Waals surface area contributed by atoms with Crippen LogP contribution < -0.4 is 16.8 Å². The van der Waals surface area contributed by atoms with Gasteiger partial charge in [0.25, 0.3) is 5.91 Å². The molecule has 0 atom stereocenters. The van der Waals surface area contributed by atoms with Crippen LogP contribution in [-0.4, -0.2) is 37.9 Å². The molecule has 0 fully saturated rings. The third-order valence-electron chi connectivity index (χ3n) is 1.94. The first-order chi connectivity index (χ1) is 7.79. The fraction of sp³-hybridized carbons (Fsp3) is 0.333. The number of hydrogen-bond acceptors (Lipinski definition) is 6. The fourth-order valence-electron chi connectivity index (χ4n) is 1.10. The zero-order valence-electron chi connectivity index (χ0n) is 9.30. The minimum absolute atomic E-state index is 0.0467. The summed E-state index contributed by atoms with van der Waals surface area (Å²) in [6.07, 6.45) is 1.13. The van der Waals surface area contributed by atoms with Crippen LogP contribution in [0.15, 0.2) is 12.1 Å². The zero-order valence-corrected chi connectivity index (χ0v) is 10.1. The number of carbonyl (C=O) groups is 1. The SMILES string of the molecule is CS(=O)(=O)CCNc1nc(C(N)=O)ccc1N. The molecule has 0 aliphatic carbocycles. The number of amides is 1. The largest absolute Gasteiger partial charge is 0.396 e. The predicted molar refractivity (Wildman–Crippen MR) is 65.4 cm³/mol. The van der Waals surface area contributed by atoms with Gasteiger partial charge >= 0.3 is 0 Å². The number of aromatic nitrogens is 1. The maximum absolute atomic E-state index is 10.9. The first-order valence-corrected chi connectivity index (χ1v) is 6.83. The number of nitrogens with two attached hydrogens (primary N) is 2. The Morgan fingerprint density at radius 1 is 1.47 bits per heavy atom. The highest BCUT2D eigenvalue weighted by atomic mass is 32.2. The van der Waals surface area contributed by atoms with Crippen LogP contribution in [0.25, 0.3) is 0 Å². The molecule has 17 heavy (non-hydrogen) atoms. The van der Waals surface area contributed by atoms with Gasteiger partial charge in [-0.25, -0.2) is 13.4 Å². The number of carbonyl (C=O) groups excluding carboxylic acids is 1.